The van der Waals surface area contributed by atoms with E-state index in [2.05, 4.69) is 21.2 Å². The summed E-state index contributed by atoms with van der Waals surface area (Å²) in [5.74, 6) is -0.106. The van der Waals surface area contributed by atoms with Crippen LogP contribution >= 0.6 is 15.9 Å². The maximum Gasteiger partial charge on any atom is 0.238 e. The van der Waals surface area contributed by atoms with Crippen LogP contribution in [0.3, 0.4) is 0 Å². The van der Waals surface area contributed by atoms with Crippen LogP contribution in [0.15, 0.2) is 24.3 Å². The van der Waals surface area contributed by atoms with Crippen molar-refractivity contribution in [3.63, 3.8) is 0 Å². The van der Waals surface area contributed by atoms with Gasteiger partial charge in [0.1, 0.15) is 0 Å². The molecule has 1 N–H and O–H groups in total. The number of amides is 1. The monoisotopic (exact) mass is 283 g/mol. The van der Waals surface area contributed by atoms with E-state index in [4.69, 9.17) is 0 Å². The maximum absolute atomic E-state index is 11.6. The van der Waals surface area contributed by atoms with E-state index in [1.54, 1.807) is 24.3 Å². The van der Waals surface area contributed by atoms with Crippen LogP contribution in [-0.4, -0.2) is 16.5 Å². The lowest BCUT2D eigenvalue weighted by Crippen LogP contribution is -2.22. The highest BCUT2D eigenvalue weighted by Crippen LogP contribution is 2.13. The lowest BCUT2D eigenvalue weighted by molar-refractivity contribution is -0.115. The zero-order valence-electron chi connectivity index (χ0n) is 9.29. The molecule has 0 aliphatic rings. The van der Waals surface area contributed by atoms with Crippen molar-refractivity contribution in [2.75, 3.05) is 5.32 Å². The van der Waals surface area contributed by atoms with E-state index >= 15 is 0 Å². The fourth-order valence-electron chi connectivity index (χ4n) is 1.22. The molecule has 0 unspecified atom stereocenters. The van der Waals surface area contributed by atoms with Crippen molar-refractivity contribution in [1.29, 1.82) is 0 Å². The topological polar surface area (TPSA) is 46.2 Å². The Morgan fingerprint density at radius 1 is 1.44 bits per heavy atom. The van der Waals surface area contributed by atoms with Crippen molar-refractivity contribution in [1.82, 2.24) is 0 Å². The summed E-state index contributed by atoms with van der Waals surface area (Å²) >= 11 is 3.27. The van der Waals surface area contributed by atoms with Gasteiger partial charge in [-0.15, -0.1) is 0 Å². The first kappa shape index (κ1) is 12.9. The van der Waals surface area contributed by atoms with Gasteiger partial charge in [-0.05, 0) is 25.5 Å². The average Bonchev–Trinajstić information content (AvgIpc) is 2.28. The van der Waals surface area contributed by atoms with Crippen molar-refractivity contribution in [3.8, 4) is 0 Å². The summed E-state index contributed by atoms with van der Waals surface area (Å²) in [6.07, 6.45) is 0.720. The molecule has 0 saturated carbocycles. The van der Waals surface area contributed by atoms with Crippen LogP contribution in [-0.2, 0) is 4.79 Å². The highest BCUT2D eigenvalue weighted by Gasteiger charge is 2.12. The molecule has 0 radical (unpaired) electrons. The Kier molecular flexibility index (Phi) is 4.68. The van der Waals surface area contributed by atoms with Gasteiger partial charge in [-0.3, -0.25) is 9.59 Å². The first-order valence-electron chi connectivity index (χ1n) is 5.10. The predicted octanol–water partition coefficient (Wildman–Crippen LogP) is 3.00. The fraction of sp³-hybridized carbons (Fsp3) is 0.333. The Bertz CT molecular complexity index is 404. The number of carbonyl (C=O) groups is 2. The smallest absolute Gasteiger partial charge is 0.238 e. The van der Waals surface area contributed by atoms with Crippen LogP contribution in [0, 0.1) is 0 Å². The van der Waals surface area contributed by atoms with E-state index < -0.39 is 0 Å². The summed E-state index contributed by atoms with van der Waals surface area (Å²) < 4.78 is 0. The lowest BCUT2D eigenvalue weighted by Gasteiger charge is -2.09. The molecule has 0 saturated heterocycles. The Balaban J connectivity index is 2.78. The SMILES string of the molecule is CC[C@H](Br)C(=O)Nc1cccc(C(C)=O)c1. The van der Waals surface area contributed by atoms with Gasteiger partial charge in [-0.1, -0.05) is 35.0 Å². The third-order valence-electron chi connectivity index (χ3n) is 2.18. The van der Waals surface area contributed by atoms with Gasteiger partial charge in [0.05, 0.1) is 4.83 Å². The van der Waals surface area contributed by atoms with Gasteiger partial charge < -0.3 is 5.32 Å². The van der Waals surface area contributed by atoms with Crippen LogP contribution in [0.25, 0.3) is 0 Å². The number of halogens is 1. The van der Waals surface area contributed by atoms with Gasteiger partial charge in [0.25, 0.3) is 0 Å². The van der Waals surface area contributed by atoms with Crippen LogP contribution in [0.2, 0.25) is 0 Å². The molecule has 86 valence electrons. The summed E-state index contributed by atoms with van der Waals surface area (Å²) in [7, 11) is 0. The minimum absolute atomic E-state index is 0.0121. The quantitative estimate of drug-likeness (QED) is 0.682. The second-order valence-corrected chi connectivity index (χ2v) is 4.61. The number of carbonyl (C=O) groups excluding carboxylic acids is 2. The van der Waals surface area contributed by atoms with Crippen LogP contribution in [0.4, 0.5) is 5.69 Å². The average molecular weight is 284 g/mol. The maximum atomic E-state index is 11.6. The molecule has 0 aromatic heterocycles. The Morgan fingerprint density at radius 2 is 2.12 bits per heavy atom. The Labute approximate surface area is 103 Å². The first-order chi connectivity index (χ1) is 7.54. The van der Waals surface area contributed by atoms with Crippen molar-refractivity contribution >= 4 is 33.3 Å². The number of alkyl halides is 1. The van der Waals surface area contributed by atoms with E-state index in [9.17, 15) is 9.59 Å². The van der Waals surface area contributed by atoms with Gasteiger partial charge in [0, 0.05) is 11.3 Å². The molecule has 4 heteroatoms. The number of nitrogens with one attached hydrogen (secondary N) is 1. The minimum Gasteiger partial charge on any atom is -0.325 e. The molecule has 0 aliphatic heterocycles. The molecule has 1 amide bonds. The molecule has 0 spiro atoms. The number of anilines is 1. The largest absolute Gasteiger partial charge is 0.325 e. The van der Waals surface area contributed by atoms with Crippen molar-refractivity contribution < 1.29 is 9.59 Å². The summed E-state index contributed by atoms with van der Waals surface area (Å²) in [5.41, 5.74) is 1.25. The summed E-state index contributed by atoms with van der Waals surface area (Å²) in [5, 5.41) is 2.75. The lowest BCUT2D eigenvalue weighted by atomic mass is 10.1. The Hall–Kier alpha value is -1.16. The fourth-order valence-corrected chi connectivity index (χ4v) is 1.34. The van der Waals surface area contributed by atoms with Gasteiger partial charge in [0.2, 0.25) is 5.91 Å². The molecule has 3 nitrogen and oxygen atoms in total. The highest BCUT2D eigenvalue weighted by atomic mass is 79.9. The molecule has 1 rings (SSSR count). The number of hydrogen-bond acceptors (Lipinski definition) is 2. The first-order valence-corrected chi connectivity index (χ1v) is 6.02. The zero-order valence-corrected chi connectivity index (χ0v) is 10.9. The molecule has 0 heterocycles. The van der Waals surface area contributed by atoms with E-state index in [-0.39, 0.29) is 16.5 Å². The highest BCUT2D eigenvalue weighted by molar-refractivity contribution is 9.10. The number of Topliss-reactive ketones (excluding diaryl/α,β-unsaturated/α-hetero) is 1. The molecule has 0 fully saturated rings. The molecule has 1 aromatic carbocycles. The van der Waals surface area contributed by atoms with Crippen molar-refractivity contribution in [2.45, 2.75) is 25.1 Å². The van der Waals surface area contributed by atoms with E-state index in [0.29, 0.717) is 11.3 Å². The van der Waals surface area contributed by atoms with Crippen molar-refractivity contribution in [2.24, 2.45) is 0 Å². The van der Waals surface area contributed by atoms with E-state index in [0.717, 1.165) is 6.42 Å². The van der Waals surface area contributed by atoms with Gasteiger partial charge in [-0.2, -0.15) is 0 Å². The summed E-state index contributed by atoms with van der Waals surface area (Å²) in [6, 6.07) is 6.92. The van der Waals surface area contributed by atoms with Crippen molar-refractivity contribution in [3.05, 3.63) is 29.8 Å². The molecular formula is C12H14BrNO2. The number of rotatable bonds is 4. The predicted molar refractivity (Wildman–Crippen MR) is 68.1 cm³/mol. The summed E-state index contributed by atoms with van der Waals surface area (Å²) in [6.45, 7) is 3.42. The summed E-state index contributed by atoms with van der Waals surface area (Å²) in [4.78, 5) is 22.5. The van der Waals surface area contributed by atoms with E-state index in [1.807, 2.05) is 6.92 Å². The second kappa shape index (κ2) is 5.80. The van der Waals surface area contributed by atoms with Gasteiger partial charge in [-0.25, -0.2) is 0 Å². The van der Waals surface area contributed by atoms with Crippen LogP contribution < -0.4 is 5.32 Å². The molecule has 16 heavy (non-hydrogen) atoms. The molecule has 1 atom stereocenters. The molecule has 0 aliphatic carbocycles. The standard InChI is InChI=1S/C12H14BrNO2/c1-3-11(13)12(16)14-10-6-4-5-9(7-10)8(2)15/h4-7,11H,3H2,1-2H3,(H,14,16)/t11-/m0/s1. The number of hydrogen-bond donors (Lipinski definition) is 1. The van der Waals surface area contributed by atoms with E-state index in [1.165, 1.54) is 6.92 Å². The number of ketones is 1. The van der Waals surface area contributed by atoms with Crippen LogP contribution in [0.1, 0.15) is 30.6 Å². The third-order valence-corrected chi connectivity index (χ3v) is 3.24. The third kappa shape index (κ3) is 3.45. The minimum atomic E-state index is -0.200. The number of benzene rings is 1. The molecule has 1 aromatic rings. The zero-order chi connectivity index (χ0) is 12.1. The normalized spacial score (nSPS) is 11.9. The second-order valence-electron chi connectivity index (χ2n) is 3.50. The molecule has 0 bridgehead atoms. The molecular weight excluding hydrogens is 270 g/mol. The van der Waals surface area contributed by atoms with Gasteiger partial charge >= 0.3 is 0 Å². The Morgan fingerprint density at radius 3 is 2.69 bits per heavy atom. The van der Waals surface area contributed by atoms with Crippen LogP contribution in [0.5, 0.6) is 0 Å². The van der Waals surface area contributed by atoms with Gasteiger partial charge in [0.15, 0.2) is 5.78 Å².